The van der Waals surface area contributed by atoms with Crippen LogP contribution in [-0.2, 0) is 6.54 Å². The first-order valence-electron chi connectivity index (χ1n) is 6.92. The number of methoxy groups -OCH3 is 2. The molecule has 122 valence electrons. The molecule has 2 aromatic rings. The van der Waals surface area contributed by atoms with Gasteiger partial charge in [0, 0.05) is 22.3 Å². The number of carbonyl (C=O) groups is 1. The van der Waals surface area contributed by atoms with Crippen molar-refractivity contribution >= 4 is 27.6 Å². The number of anilines is 1. The van der Waals surface area contributed by atoms with Gasteiger partial charge in [0.25, 0.3) is 0 Å². The summed E-state index contributed by atoms with van der Waals surface area (Å²) in [5.41, 5.74) is 2.29. The number of amides is 2. The van der Waals surface area contributed by atoms with Gasteiger partial charge in [-0.05, 0) is 35.0 Å². The predicted octanol–water partition coefficient (Wildman–Crippen LogP) is 3.49. The minimum atomic E-state index is -0.332. The Hall–Kier alpha value is -2.28. The number of urea groups is 1. The maximum atomic E-state index is 12.0. The number of carbonyl (C=O) groups excluding carboxylic acids is 1. The molecule has 0 aliphatic heterocycles. The molecule has 2 rings (SSSR count). The molecule has 0 spiro atoms. The summed E-state index contributed by atoms with van der Waals surface area (Å²) in [6.07, 6.45) is 0. The van der Waals surface area contributed by atoms with Crippen molar-refractivity contribution in [2.24, 2.45) is 0 Å². The normalized spacial score (nSPS) is 10.1. The monoisotopic (exact) mass is 379 g/mol. The molecular formula is C16H18BrN3O3. The zero-order chi connectivity index (χ0) is 16.8. The fraction of sp³-hybridized carbons (Fsp3) is 0.250. The third-order valence-electron chi connectivity index (χ3n) is 3.10. The molecule has 0 aliphatic carbocycles. The summed E-state index contributed by atoms with van der Waals surface area (Å²) in [6.45, 7) is 2.25. The number of nitrogens with one attached hydrogen (secondary N) is 2. The van der Waals surface area contributed by atoms with E-state index >= 15 is 0 Å². The molecule has 7 heteroatoms. The maximum Gasteiger partial charge on any atom is 0.319 e. The van der Waals surface area contributed by atoms with Crippen LogP contribution in [0.25, 0.3) is 0 Å². The van der Waals surface area contributed by atoms with Crippen molar-refractivity contribution in [2.75, 3.05) is 19.5 Å². The Morgan fingerprint density at radius 2 is 1.91 bits per heavy atom. The number of benzene rings is 1. The lowest BCUT2D eigenvalue weighted by Crippen LogP contribution is -2.28. The van der Waals surface area contributed by atoms with Gasteiger partial charge >= 0.3 is 6.03 Å². The average Bonchev–Trinajstić information content (AvgIpc) is 2.54. The number of hydrogen-bond acceptors (Lipinski definition) is 4. The van der Waals surface area contributed by atoms with Crippen LogP contribution >= 0.6 is 15.9 Å². The molecule has 0 atom stereocenters. The van der Waals surface area contributed by atoms with E-state index in [1.807, 2.05) is 25.1 Å². The fourth-order valence-electron chi connectivity index (χ4n) is 1.99. The van der Waals surface area contributed by atoms with Gasteiger partial charge < -0.3 is 20.1 Å². The van der Waals surface area contributed by atoms with Crippen LogP contribution in [0.3, 0.4) is 0 Å². The Morgan fingerprint density at radius 3 is 2.57 bits per heavy atom. The maximum absolute atomic E-state index is 12.0. The lowest BCUT2D eigenvalue weighted by molar-refractivity contribution is 0.251. The van der Waals surface area contributed by atoms with Gasteiger partial charge in [0.15, 0.2) is 11.5 Å². The van der Waals surface area contributed by atoms with E-state index in [1.165, 1.54) is 0 Å². The van der Waals surface area contributed by atoms with Crippen LogP contribution in [-0.4, -0.2) is 25.2 Å². The van der Waals surface area contributed by atoms with Gasteiger partial charge in [0.1, 0.15) is 0 Å². The Kier molecular flexibility index (Phi) is 5.81. The Bertz CT molecular complexity index is 707. The largest absolute Gasteiger partial charge is 0.493 e. The van der Waals surface area contributed by atoms with Crippen molar-refractivity contribution in [3.63, 3.8) is 0 Å². The van der Waals surface area contributed by atoms with Crippen LogP contribution in [0.4, 0.5) is 10.5 Å². The number of ether oxygens (including phenoxy) is 2. The molecule has 0 radical (unpaired) electrons. The van der Waals surface area contributed by atoms with Gasteiger partial charge in [-0.15, -0.1) is 0 Å². The van der Waals surface area contributed by atoms with Crippen LogP contribution in [0.5, 0.6) is 11.5 Å². The highest BCUT2D eigenvalue weighted by Crippen LogP contribution is 2.36. The van der Waals surface area contributed by atoms with E-state index in [-0.39, 0.29) is 6.03 Å². The first-order valence-corrected chi connectivity index (χ1v) is 7.71. The van der Waals surface area contributed by atoms with Crippen molar-refractivity contribution in [3.05, 3.63) is 46.2 Å². The molecule has 0 aliphatic rings. The Labute approximate surface area is 143 Å². The molecule has 1 heterocycles. The lowest BCUT2D eigenvalue weighted by atomic mass is 10.2. The second-order valence-corrected chi connectivity index (χ2v) is 5.62. The number of rotatable bonds is 5. The molecule has 6 nitrogen and oxygen atoms in total. The van der Waals surface area contributed by atoms with Crippen molar-refractivity contribution in [3.8, 4) is 11.5 Å². The lowest BCUT2D eigenvalue weighted by Gasteiger charge is -2.13. The predicted molar refractivity (Wildman–Crippen MR) is 92.1 cm³/mol. The summed E-state index contributed by atoms with van der Waals surface area (Å²) in [6, 6.07) is 8.76. The van der Waals surface area contributed by atoms with Crippen LogP contribution in [0.1, 0.15) is 11.4 Å². The highest BCUT2D eigenvalue weighted by molar-refractivity contribution is 9.10. The molecule has 0 fully saturated rings. The topological polar surface area (TPSA) is 72.5 Å². The van der Waals surface area contributed by atoms with Crippen molar-refractivity contribution in [1.29, 1.82) is 0 Å². The van der Waals surface area contributed by atoms with Crippen LogP contribution in [0, 0.1) is 6.92 Å². The van der Waals surface area contributed by atoms with E-state index in [0.717, 1.165) is 11.4 Å². The molecular weight excluding hydrogens is 362 g/mol. The van der Waals surface area contributed by atoms with Gasteiger partial charge in [0.05, 0.1) is 32.1 Å². The molecule has 23 heavy (non-hydrogen) atoms. The smallest absolute Gasteiger partial charge is 0.319 e. The number of aromatic nitrogens is 1. The number of aryl methyl sites for hydroxylation is 1. The second kappa shape index (κ2) is 7.82. The van der Waals surface area contributed by atoms with Crippen LogP contribution in [0.2, 0.25) is 0 Å². The molecule has 2 amide bonds. The van der Waals surface area contributed by atoms with E-state index in [0.29, 0.717) is 28.2 Å². The van der Waals surface area contributed by atoms with Gasteiger partial charge in [-0.2, -0.15) is 0 Å². The van der Waals surface area contributed by atoms with E-state index in [2.05, 4.69) is 31.5 Å². The summed E-state index contributed by atoms with van der Waals surface area (Å²) >= 11 is 3.39. The van der Waals surface area contributed by atoms with Gasteiger partial charge in [-0.3, -0.25) is 4.98 Å². The third kappa shape index (κ3) is 4.59. The number of hydrogen-bond donors (Lipinski definition) is 2. The summed E-state index contributed by atoms with van der Waals surface area (Å²) in [7, 11) is 3.10. The van der Waals surface area contributed by atoms with E-state index < -0.39 is 0 Å². The number of pyridine rings is 1. The zero-order valence-electron chi connectivity index (χ0n) is 13.1. The highest BCUT2D eigenvalue weighted by Gasteiger charge is 2.12. The molecule has 0 saturated carbocycles. The van der Waals surface area contributed by atoms with E-state index in [9.17, 15) is 4.79 Å². The summed E-state index contributed by atoms with van der Waals surface area (Å²) in [4.78, 5) is 16.4. The molecule has 0 unspecified atom stereocenters. The Balaban J connectivity index is 2.02. The summed E-state index contributed by atoms with van der Waals surface area (Å²) in [5.74, 6) is 1.11. The van der Waals surface area contributed by atoms with Crippen molar-refractivity contribution in [2.45, 2.75) is 13.5 Å². The second-order valence-electron chi connectivity index (χ2n) is 4.77. The average molecular weight is 380 g/mol. The van der Waals surface area contributed by atoms with Gasteiger partial charge in [-0.1, -0.05) is 6.07 Å². The molecule has 1 aromatic carbocycles. The number of nitrogens with zero attached hydrogens (tertiary/aromatic N) is 1. The summed E-state index contributed by atoms with van der Waals surface area (Å²) < 4.78 is 11.1. The molecule has 0 bridgehead atoms. The number of halogens is 1. The zero-order valence-corrected chi connectivity index (χ0v) is 14.7. The van der Waals surface area contributed by atoms with E-state index in [4.69, 9.17) is 9.47 Å². The van der Waals surface area contributed by atoms with Crippen LogP contribution < -0.4 is 20.1 Å². The molecule has 1 aromatic heterocycles. The van der Waals surface area contributed by atoms with Crippen molar-refractivity contribution in [1.82, 2.24) is 10.3 Å². The Morgan fingerprint density at radius 1 is 1.22 bits per heavy atom. The standard InChI is InChI=1S/C16H18BrN3O3/c1-10-5-4-6-11(19-10)9-18-16(21)20-13-8-15(23-3)14(22-2)7-12(13)17/h4-8H,9H2,1-3H3,(H2,18,20,21). The van der Waals surface area contributed by atoms with Crippen LogP contribution in [0.15, 0.2) is 34.8 Å². The van der Waals surface area contributed by atoms with Crippen molar-refractivity contribution < 1.29 is 14.3 Å². The minimum Gasteiger partial charge on any atom is -0.493 e. The molecule has 2 N–H and O–H groups in total. The first-order chi connectivity index (χ1) is 11.0. The third-order valence-corrected chi connectivity index (χ3v) is 3.75. The molecule has 0 saturated heterocycles. The van der Waals surface area contributed by atoms with E-state index in [1.54, 1.807) is 26.4 Å². The summed E-state index contributed by atoms with van der Waals surface area (Å²) in [5, 5.41) is 5.52. The quantitative estimate of drug-likeness (QED) is 0.833. The highest BCUT2D eigenvalue weighted by atomic mass is 79.9. The first kappa shape index (κ1) is 17.1. The SMILES string of the molecule is COc1cc(Br)c(NC(=O)NCc2cccc(C)n2)cc1OC. The minimum absolute atomic E-state index is 0.332. The van der Waals surface area contributed by atoms with Gasteiger partial charge in [-0.25, -0.2) is 4.79 Å². The fourth-order valence-corrected chi connectivity index (χ4v) is 2.41. The van der Waals surface area contributed by atoms with Gasteiger partial charge in [0.2, 0.25) is 0 Å².